The van der Waals surface area contributed by atoms with Gasteiger partial charge in [0.2, 0.25) is 11.8 Å². The number of nitrogens with one attached hydrogen (secondary N) is 2. The quantitative estimate of drug-likeness (QED) is 0.378. The molecule has 0 atom stereocenters. The highest BCUT2D eigenvalue weighted by Crippen LogP contribution is 2.32. The Morgan fingerprint density at radius 1 is 0.970 bits per heavy atom. The van der Waals surface area contributed by atoms with Crippen molar-refractivity contribution in [1.29, 1.82) is 0 Å². The fraction of sp³-hybridized carbons (Fsp3) is 0.238. The summed E-state index contributed by atoms with van der Waals surface area (Å²) in [5, 5.41) is 4.59. The Labute approximate surface area is 204 Å². The molecule has 0 spiro atoms. The van der Waals surface area contributed by atoms with E-state index in [1.807, 2.05) is 6.92 Å². The van der Waals surface area contributed by atoms with Crippen molar-refractivity contribution >= 4 is 68.8 Å². The van der Waals surface area contributed by atoms with Gasteiger partial charge in [0.05, 0.1) is 18.1 Å². The Hall–Kier alpha value is -2.89. The van der Waals surface area contributed by atoms with Gasteiger partial charge in [-0.2, -0.15) is 0 Å². The summed E-state index contributed by atoms with van der Waals surface area (Å²) in [7, 11) is 0. The summed E-state index contributed by atoms with van der Waals surface area (Å²) in [4.78, 5) is 46.0. The number of hydrogen-bond acceptors (Lipinski definition) is 7. The molecule has 0 aliphatic carbocycles. The predicted octanol–water partition coefficient (Wildman–Crippen LogP) is 3.83. The first-order valence-electron chi connectivity index (χ1n) is 9.66. The molecule has 0 aliphatic rings. The summed E-state index contributed by atoms with van der Waals surface area (Å²) in [5.41, 5.74) is 12.5. The summed E-state index contributed by atoms with van der Waals surface area (Å²) < 4.78 is 5.71. The maximum absolute atomic E-state index is 12.2. The predicted molar refractivity (Wildman–Crippen MR) is 133 cm³/mol. The van der Waals surface area contributed by atoms with Gasteiger partial charge in [0.15, 0.2) is 0 Å². The van der Waals surface area contributed by atoms with Crippen molar-refractivity contribution < 1.29 is 23.9 Å². The van der Waals surface area contributed by atoms with Crippen LogP contribution in [-0.2, 0) is 16.0 Å². The standard InChI is InChI=1S/C21H23ClN4O5S2/c1-2-31-17-7-6-13(25-18(27)10-32-20(23)29)8-12(17)9-14-15(22)4-3-5-16(14)26-19(28)11-33-21(24)30/h3-8H,2,9-11H2,1H3,(H2,23,29)(H2,24,30)(H,25,27)(H,26,28). The van der Waals surface area contributed by atoms with Crippen LogP contribution in [-0.4, -0.2) is 40.4 Å². The van der Waals surface area contributed by atoms with Gasteiger partial charge in [-0.05, 0) is 42.8 Å². The lowest BCUT2D eigenvalue weighted by Gasteiger charge is -2.16. The van der Waals surface area contributed by atoms with E-state index in [2.05, 4.69) is 10.6 Å². The van der Waals surface area contributed by atoms with Crippen molar-refractivity contribution in [2.45, 2.75) is 13.3 Å². The van der Waals surface area contributed by atoms with Crippen LogP contribution in [0.3, 0.4) is 0 Å². The molecule has 4 amide bonds. The number of primary amides is 2. The summed E-state index contributed by atoms with van der Waals surface area (Å²) in [5.74, 6) is -0.437. The Bertz CT molecular complexity index is 1050. The summed E-state index contributed by atoms with van der Waals surface area (Å²) in [6.07, 6.45) is 0.285. The van der Waals surface area contributed by atoms with Gasteiger partial charge < -0.3 is 26.8 Å². The van der Waals surface area contributed by atoms with Gasteiger partial charge in [0, 0.05) is 28.4 Å². The van der Waals surface area contributed by atoms with Gasteiger partial charge in [-0.1, -0.05) is 41.2 Å². The number of rotatable bonds is 10. The van der Waals surface area contributed by atoms with Crippen LogP contribution in [0.1, 0.15) is 18.1 Å². The van der Waals surface area contributed by atoms with Crippen LogP contribution in [0.5, 0.6) is 5.75 Å². The van der Waals surface area contributed by atoms with E-state index in [1.54, 1.807) is 36.4 Å². The third kappa shape index (κ3) is 8.87. The molecule has 176 valence electrons. The third-order valence-electron chi connectivity index (χ3n) is 4.10. The van der Waals surface area contributed by atoms with Gasteiger partial charge in [-0.3, -0.25) is 19.2 Å². The molecule has 9 nitrogen and oxygen atoms in total. The van der Waals surface area contributed by atoms with Crippen LogP contribution in [0, 0.1) is 0 Å². The van der Waals surface area contributed by atoms with Crippen LogP contribution in [0.4, 0.5) is 21.0 Å². The molecular weight excluding hydrogens is 488 g/mol. The molecule has 0 radical (unpaired) electrons. The van der Waals surface area contributed by atoms with E-state index < -0.39 is 16.4 Å². The van der Waals surface area contributed by atoms with E-state index in [0.29, 0.717) is 63.4 Å². The van der Waals surface area contributed by atoms with Gasteiger partial charge in [-0.25, -0.2) is 0 Å². The maximum atomic E-state index is 12.2. The van der Waals surface area contributed by atoms with E-state index in [4.69, 9.17) is 27.8 Å². The molecule has 0 aromatic heterocycles. The number of benzene rings is 2. The van der Waals surface area contributed by atoms with Crippen molar-refractivity contribution in [3.8, 4) is 5.75 Å². The topological polar surface area (TPSA) is 154 Å². The second-order valence-electron chi connectivity index (χ2n) is 6.51. The highest BCUT2D eigenvalue weighted by Gasteiger charge is 2.15. The average molecular weight is 511 g/mol. The van der Waals surface area contributed by atoms with E-state index >= 15 is 0 Å². The van der Waals surface area contributed by atoms with Gasteiger partial charge in [0.1, 0.15) is 5.75 Å². The SMILES string of the molecule is CCOc1ccc(NC(=O)CSC(N)=O)cc1Cc1c(Cl)cccc1NC(=O)CSC(N)=O. The molecule has 0 unspecified atom stereocenters. The molecule has 0 saturated carbocycles. The summed E-state index contributed by atoms with van der Waals surface area (Å²) >= 11 is 7.83. The van der Waals surface area contributed by atoms with Crippen LogP contribution < -0.4 is 26.8 Å². The molecule has 2 rings (SSSR count). The monoisotopic (exact) mass is 510 g/mol. The van der Waals surface area contributed by atoms with Crippen LogP contribution in [0.2, 0.25) is 5.02 Å². The van der Waals surface area contributed by atoms with Crippen molar-refractivity contribution in [2.75, 3.05) is 28.7 Å². The highest BCUT2D eigenvalue weighted by atomic mass is 35.5. The molecule has 0 fully saturated rings. The first-order chi connectivity index (χ1) is 15.7. The lowest BCUT2D eigenvalue weighted by Crippen LogP contribution is -2.18. The zero-order valence-electron chi connectivity index (χ0n) is 17.7. The molecule has 2 aromatic carbocycles. The Morgan fingerprint density at radius 2 is 1.61 bits per heavy atom. The molecular formula is C21H23ClN4O5S2. The van der Waals surface area contributed by atoms with Gasteiger partial charge >= 0.3 is 0 Å². The maximum Gasteiger partial charge on any atom is 0.276 e. The molecule has 0 saturated heterocycles. The fourth-order valence-corrected chi connectivity index (χ4v) is 3.73. The zero-order valence-corrected chi connectivity index (χ0v) is 20.1. The molecule has 0 heterocycles. The smallest absolute Gasteiger partial charge is 0.276 e. The minimum Gasteiger partial charge on any atom is -0.494 e. The molecule has 0 bridgehead atoms. The molecule has 2 aromatic rings. The number of nitrogens with two attached hydrogens (primary N) is 2. The zero-order chi connectivity index (χ0) is 24.4. The van der Waals surface area contributed by atoms with Crippen molar-refractivity contribution in [3.05, 3.63) is 52.5 Å². The van der Waals surface area contributed by atoms with Gasteiger partial charge in [0.25, 0.3) is 10.5 Å². The molecule has 6 N–H and O–H groups in total. The first kappa shape index (κ1) is 26.4. The largest absolute Gasteiger partial charge is 0.494 e. The number of ether oxygens (including phenoxy) is 1. The number of amides is 4. The first-order valence-corrected chi connectivity index (χ1v) is 12.0. The minimum absolute atomic E-state index is 0.109. The number of carbonyl (C=O) groups is 4. The Kier molecular flexibility index (Phi) is 10.4. The third-order valence-corrected chi connectivity index (χ3v) is 5.83. The fourth-order valence-electron chi connectivity index (χ4n) is 2.79. The second kappa shape index (κ2) is 13.0. The summed E-state index contributed by atoms with van der Waals surface area (Å²) in [6, 6.07) is 10.2. The van der Waals surface area contributed by atoms with Crippen LogP contribution >= 0.6 is 35.1 Å². The van der Waals surface area contributed by atoms with Crippen molar-refractivity contribution in [1.82, 2.24) is 0 Å². The second-order valence-corrected chi connectivity index (χ2v) is 8.88. The molecule has 12 heteroatoms. The number of carbonyl (C=O) groups excluding carboxylic acids is 4. The summed E-state index contributed by atoms with van der Waals surface area (Å²) in [6.45, 7) is 2.27. The van der Waals surface area contributed by atoms with Crippen molar-refractivity contribution in [2.24, 2.45) is 11.5 Å². The number of anilines is 2. The highest BCUT2D eigenvalue weighted by molar-refractivity contribution is 8.14. The average Bonchev–Trinajstić information content (AvgIpc) is 2.75. The van der Waals surface area contributed by atoms with E-state index in [-0.39, 0.29) is 23.8 Å². The lowest BCUT2D eigenvalue weighted by atomic mass is 10.0. The lowest BCUT2D eigenvalue weighted by molar-refractivity contribution is -0.114. The van der Waals surface area contributed by atoms with Crippen molar-refractivity contribution in [3.63, 3.8) is 0 Å². The molecule has 33 heavy (non-hydrogen) atoms. The number of hydrogen-bond donors (Lipinski definition) is 4. The van der Waals surface area contributed by atoms with Crippen LogP contribution in [0.15, 0.2) is 36.4 Å². The number of thioether (sulfide) groups is 2. The van der Waals surface area contributed by atoms with E-state index in [1.165, 1.54) is 0 Å². The minimum atomic E-state index is -0.647. The molecule has 0 aliphatic heterocycles. The van der Waals surface area contributed by atoms with Gasteiger partial charge in [-0.15, -0.1) is 0 Å². The Balaban J connectivity index is 2.28. The van der Waals surface area contributed by atoms with E-state index in [0.717, 1.165) is 0 Å². The Morgan fingerprint density at radius 3 is 2.21 bits per heavy atom. The van der Waals surface area contributed by atoms with E-state index in [9.17, 15) is 19.2 Å². The number of halogens is 1. The normalized spacial score (nSPS) is 10.4. The van der Waals surface area contributed by atoms with Crippen LogP contribution in [0.25, 0.3) is 0 Å².